The molecule has 9 heteroatoms. The quantitative estimate of drug-likeness (QED) is 0.489. The predicted molar refractivity (Wildman–Crippen MR) is 112 cm³/mol. The molecule has 0 unspecified atom stereocenters. The van der Waals surface area contributed by atoms with Crippen molar-refractivity contribution in [2.45, 2.75) is 6.54 Å². The Kier molecular flexibility index (Phi) is 5.24. The molecule has 0 saturated carbocycles. The number of halogens is 2. The third-order valence-electron chi connectivity index (χ3n) is 4.11. The second-order valence-electron chi connectivity index (χ2n) is 6.14. The Morgan fingerprint density at radius 3 is 2.69 bits per heavy atom. The molecule has 3 heterocycles. The third-order valence-corrected chi connectivity index (χ3v) is 4.57. The van der Waals surface area contributed by atoms with E-state index in [1.807, 2.05) is 0 Å². The van der Waals surface area contributed by atoms with E-state index in [1.54, 1.807) is 42.5 Å². The number of nitrogens with zero attached hydrogens (tertiary/aromatic N) is 2. The van der Waals surface area contributed by atoms with Crippen molar-refractivity contribution in [2.24, 2.45) is 0 Å². The Bertz CT molecular complexity index is 1250. The molecule has 29 heavy (non-hydrogen) atoms. The zero-order valence-corrected chi connectivity index (χ0v) is 16.4. The fraction of sp³-hybridized carbons (Fsp3) is 0.0500. The molecule has 0 fully saturated rings. The van der Waals surface area contributed by atoms with Gasteiger partial charge in [-0.25, -0.2) is 4.98 Å². The monoisotopic (exact) mass is 428 g/mol. The van der Waals surface area contributed by atoms with Crippen LogP contribution in [0.1, 0.15) is 16.2 Å². The van der Waals surface area contributed by atoms with Crippen molar-refractivity contribution in [1.29, 1.82) is 0 Å². The van der Waals surface area contributed by atoms with Crippen LogP contribution in [0, 0.1) is 0 Å². The molecule has 146 valence electrons. The van der Waals surface area contributed by atoms with Gasteiger partial charge in [-0.15, -0.1) is 0 Å². The normalized spacial score (nSPS) is 10.8. The van der Waals surface area contributed by atoms with Crippen molar-refractivity contribution < 1.29 is 9.21 Å². The lowest BCUT2D eigenvalue weighted by molar-refractivity contribution is 0.0996. The van der Waals surface area contributed by atoms with Crippen LogP contribution in [0.25, 0.3) is 5.65 Å². The zero-order valence-electron chi connectivity index (χ0n) is 14.9. The Labute approximate surface area is 174 Å². The van der Waals surface area contributed by atoms with Crippen molar-refractivity contribution in [1.82, 2.24) is 9.38 Å². The number of nitrogens with one attached hydrogen (secondary N) is 2. The number of furan rings is 1. The van der Waals surface area contributed by atoms with Gasteiger partial charge in [0.1, 0.15) is 5.65 Å². The van der Waals surface area contributed by atoms with Crippen LogP contribution < -0.4 is 16.2 Å². The summed E-state index contributed by atoms with van der Waals surface area (Å²) < 4.78 is 6.49. The molecule has 4 rings (SSSR count). The molecule has 1 amide bonds. The highest BCUT2D eigenvalue weighted by atomic mass is 35.5. The predicted octanol–water partition coefficient (Wildman–Crippen LogP) is 4.46. The van der Waals surface area contributed by atoms with Crippen LogP contribution >= 0.6 is 23.2 Å². The van der Waals surface area contributed by atoms with Gasteiger partial charge >= 0.3 is 0 Å². The maximum Gasteiger partial charge on any atom is 0.291 e. The molecule has 0 aliphatic carbocycles. The number of hydrogen-bond donors (Lipinski definition) is 2. The minimum Gasteiger partial charge on any atom is -0.459 e. The molecular weight excluding hydrogens is 415 g/mol. The Morgan fingerprint density at radius 2 is 1.90 bits per heavy atom. The van der Waals surface area contributed by atoms with E-state index < -0.39 is 5.91 Å². The lowest BCUT2D eigenvalue weighted by Crippen LogP contribution is -2.17. The SMILES string of the molecule is O=C(Nc1cc(Cl)ccc1NCc1cc(=O)n2cc(Cl)ccc2n1)c1ccco1. The van der Waals surface area contributed by atoms with Crippen molar-refractivity contribution in [3.05, 3.63) is 92.8 Å². The molecular formula is C20H14Cl2N4O3. The van der Waals surface area contributed by atoms with Crippen LogP contribution in [0.5, 0.6) is 0 Å². The number of aromatic nitrogens is 2. The van der Waals surface area contributed by atoms with Crippen LogP contribution in [-0.4, -0.2) is 15.3 Å². The fourth-order valence-electron chi connectivity index (χ4n) is 2.77. The van der Waals surface area contributed by atoms with Gasteiger partial charge < -0.3 is 15.1 Å². The molecule has 0 bridgehead atoms. The number of amides is 1. The van der Waals surface area contributed by atoms with Gasteiger partial charge in [0.15, 0.2) is 5.76 Å². The first-order valence-electron chi connectivity index (χ1n) is 8.56. The van der Waals surface area contributed by atoms with E-state index in [2.05, 4.69) is 15.6 Å². The van der Waals surface area contributed by atoms with Crippen molar-refractivity contribution >= 4 is 46.1 Å². The van der Waals surface area contributed by atoms with Gasteiger partial charge in [0.25, 0.3) is 11.5 Å². The number of benzene rings is 1. The molecule has 0 aliphatic heterocycles. The molecule has 0 spiro atoms. The minimum absolute atomic E-state index is 0.179. The molecule has 0 saturated heterocycles. The molecule has 0 aliphatic rings. The number of fused-ring (bicyclic) bond motifs is 1. The summed E-state index contributed by atoms with van der Waals surface area (Å²) in [4.78, 5) is 29.0. The van der Waals surface area contributed by atoms with Gasteiger partial charge in [-0.2, -0.15) is 0 Å². The fourth-order valence-corrected chi connectivity index (χ4v) is 3.10. The average Bonchev–Trinajstić information content (AvgIpc) is 3.23. The molecule has 2 N–H and O–H groups in total. The summed E-state index contributed by atoms with van der Waals surface area (Å²) in [7, 11) is 0. The Balaban J connectivity index is 1.57. The zero-order chi connectivity index (χ0) is 20.4. The van der Waals surface area contributed by atoms with Crippen LogP contribution in [-0.2, 0) is 6.54 Å². The lowest BCUT2D eigenvalue weighted by atomic mass is 10.2. The van der Waals surface area contributed by atoms with E-state index in [9.17, 15) is 9.59 Å². The number of rotatable bonds is 5. The molecule has 7 nitrogen and oxygen atoms in total. The van der Waals surface area contributed by atoms with Gasteiger partial charge in [-0.1, -0.05) is 23.2 Å². The Morgan fingerprint density at radius 1 is 1.07 bits per heavy atom. The lowest BCUT2D eigenvalue weighted by Gasteiger charge is -2.13. The standard InChI is InChI=1S/C20H14Cl2N4O3/c21-12-3-5-15(16(8-12)25-20(28)17-2-1-7-29-17)23-10-14-9-19(27)26-11-13(22)4-6-18(26)24-14/h1-9,11,23H,10H2,(H,25,28). The van der Waals surface area contributed by atoms with Crippen LogP contribution in [0.4, 0.5) is 11.4 Å². The van der Waals surface area contributed by atoms with Gasteiger partial charge in [-0.3, -0.25) is 14.0 Å². The van der Waals surface area contributed by atoms with Crippen LogP contribution in [0.15, 0.2) is 70.2 Å². The highest BCUT2D eigenvalue weighted by Gasteiger charge is 2.12. The second kappa shape index (κ2) is 7.98. The second-order valence-corrected chi connectivity index (χ2v) is 7.01. The smallest absolute Gasteiger partial charge is 0.291 e. The maximum absolute atomic E-state index is 12.3. The maximum atomic E-state index is 12.3. The van der Waals surface area contributed by atoms with E-state index in [4.69, 9.17) is 27.6 Å². The summed E-state index contributed by atoms with van der Waals surface area (Å²) in [6.45, 7) is 0.264. The number of carbonyl (C=O) groups excluding carboxylic acids is 1. The average molecular weight is 429 g/mol. The Hall–Kier alpha value is -3.29. The largest absolute Gasteiger partial charge is 0.459 e. The summed E-state index contributed by atoms with van der Waals surface area (Å²) in [5.74, 6) is -0.224. The highest BCUT2D eigenvalue weighted by Crippen LogP contribution is 2.27. The molecule has 4 aromatic rings. The van der Waals surface area contributed by atoms with Gasteiger partial charge in [0.05, 0.1) is 34.9 Å². The van der Waals surface area contributed by atoms with E-state index in [0.29, 0.717) is 32.8 Å². The number of anilines is 2. The van der Waals surface area contributed by atoms with E-state index in [0.717, 1.165) is 0 Å². The minimum atomic E-state index is -0.403. The topological polar surface area (TPSA) is 88.6 Å². The van der Waals surface area contributed by atoms with Crippen LogP contribution in [0.2, 0.25) is 10.0 Å². The highest BCUT2D eigenvalue weighted by molar-refractivity contribution is 6.31. The number of pyridine rings is 1. The van der Waals surface area contributed by atoms with Crippen molar-refractivity contribution in [2.75, 3.05) is 10.6 Å². The van der Waals surface area contributed by atoms with E-state index in [-0.39, 0.29) is 17.9 Å². The molecule has 3 aromatic heterocycles. The first kappa shape index (κ1) is 19.0. The van der Waals surface area contributed by atoms with Crippen molar-refractivity contribution in [3.63, 3.8) is 0 Å². The summed E-state index contributed by atoms with van der Waals surface area (Å²) in [6.07, 6.45) is 2.94. The van der Waals surface area contributed by atoms with Crippen molar-refractivity contribution in [3.8, 4) is 0 Å². The first-order valence-corrected chi connectivity index (χ1v) is 9.31. The summed E-state index contributed by atoms with van der Waals surface area (Å²) in [5.41, 5.74) is 1.88. The van der Waals surface area contributed by atoms with Gasteiger partial charge in [-0.05, 0) is 42.5 Å². The van der Waals surface area contributed by atoms with E-state index in [1.165, 1.54) is 22.9 Å². The van der Waals surface area contributed by atoms with E-state index >= 15 is 0 Å². The number of carbonyl (C=O) groups is 1. The molecule has 1 aromatic carbocycles. The van der Waals surface area contributed by atoms with Crippen LogP contribution in [0.3, 0.4) is 0 Å². The summed E-state index contributed by atoms with van der Waals surface area (Å²) in [6, 6.07) is 13.0. The number of hydrogen-bond acceptors (Lipinski definition) is 5. The summed E-state index contributed by atoms with van der Waals surface area (Å²) >= 11 is 12.0. The molecule has 0 atom stereocenters. The molecule has 0 radical (unpaired) electrons. The first-order chi connectivity index (χ1) is 14.0. The van der Waals surface area contributed by atoms with Gasteiger partial charge in [0, 0.05) is 17.3 Å². The van der Waals surface area contributed by atoms with Gasteiger partial charge in [0.2, 0.25) is 0 Å². The third kappa shape index (κ3) is 4.26. The summed E-state index contributed by atoms with van der Waals surface area (Å²) in [5, 5.41) is 6.84.